The van der Waals surface area contributed by atoms with E-state index in [1.165, 1.54) is 0 Å². The molecule has 4 rings (SSSR count). The van der Waals surface area contributed by atoms with E-state index in [1.54, 1.807) is 47.4 Å². The number of esters is 1. The number of hydrogen-bond acceptors (Lipinski definition) is 5. The lowest BCUT2D eigenvalue weighted by Gasteiger charge is -2.34. The van der Waals surface area contributed by atoms with Crippen LogP contribution in [-0.4, -0.2) is 44.9 Å². The maximum absolute atomic E-state index is 12.7. The Morgan fingerprint density at radius 2 is 1.60 bits per heavy atom. The first-order valence-electron chi connectivity index (χ1n) is 11.7. The Morgan fingerprint density at radius 1 is 0.943 bits per heavy atom. The summed E-state index contributed by atoms with van der Waals surface area (Å²) in [6.45, 7) is 5.39. The topological polar surface area (TPSA) is 92.8 Å². The van der Waals surface area contributed by atoms with Gasteiger partial charge in [-0.3, -0.25) is 4.79 Å². The normalized spacial score (nSPS) is 18.4. The molecule has 184 valence electrons. The van der Waals surface area contributed by atoms with Crippen molar-refractivity contribution < 1.29 is 22.7 Å². The predicted octanol–water partition coefficient (Wildman–Crippen LogP) is 3.98. The average molecular weight is 495 g/mol. The minimum atomic E-state index is -3.70. The van der Waals surface area contributed by atoms with Crippen LogP contribution in [0.3, 0.4) is 0 Å². The van der Waals surface area contributed by atoms with Crippen LogP contribution in [-0.2, 0) is 26.1 Å². The van der Waals surface area contributed by atoms with E-state index in [0.717, 1.165) is 17.2 Å². The van der Waals surface area contributed by atoms with E-state index in [1.807, 2.05) is 24.3 Å². The Labute approximate surface area is 206 Å². The second-order valence-electron chi connectivity index (χ2n) is 9.35. The zero-order valence-corrected chi connectivity index (χ0v) is 20.8. The van der Waals surface area contributed by atoms with Crippen molar-refractivity contribution in [2.45, 2.75) is 31.7 Å². The SMILES string of the molecule is C[C@@H]1C[C@H](C)CN(C(=O)COC(=O)c2ccc(CNS(=O)(=O)c3ccc4ccccc4c3)cc2)C1. The number of likely N-dealkylation sites (tertiary alicyclic amines) is 1. The summed E-state index contributed by atoms with van der Waals surface area (Å²) in [4.78, 5) is 26.8. The summed E-state index contributed by atoms with van der Waals surface area (Å²) in [7, 11) is -3.70. The fourth-order valence-corrected chi connectivity index (χ4v) is 5.58. The third-order valence-electron chi connectivity index (χ3n) is 6.24. The van der Waals surface area contributed by atoms with Gasteiger partial charge in [0.25, 0.3) is 5.91 Å². The average Bonchev–Trinajstić information content (AvgIpc) is 2.85. The number of nitrogens with zero attached hydrogens (tertiary/aromatic N) is 1. The number of piperidine rings is 1. The number of benzene rings is 3. The first-order valence-corrected chi connectivity index (χ1v) is 13.2. The molecule has 1 saturated heterocycles. The molecule has 3 aromatic rings. The van der Waals surface area contributed by atoms with Crippen molar-refractivity contribution in [2.75, 3.05) is 19.7 Å². The molecule has 3 aromatic carbocycles. The Hall–Kier alpha value is -3.23. The molecule has 1 N–H and O–H groups in total. The van der Waals surface area contributed by atoms with Crippen molar-refractivity contribution in [1.29, 1.82) is 0 Å². The van der Waals surface area contributed by atoms with Gasteiger partial charge in [-0.05, 0) is 58.9 Å². The highest BCUT2D eigenvalue weighted by Gasteiger charge is 2.26. The summed E-state index contributed by atoms with van der Waals surface area (Å²) in [5.41, 5.74) is 0.998. The standard InChI is InChI=1S/C27H30N2O5S/c1-19-13-20(2)17-29(16-19)26(30)18-34-27(31)23-9-7-21(8-10-23)15-28-35(32,33)25-12-11-22-5-3-4-6-24(22)14-25/h3-12,14,19-20,28H,13,15-18H2,1-2H3/t19-,20+. The van der Waals surface area contributed by atoms with Crippen LogP contribution >= 0.6 is 0 Å². The van der Waals surface area contributed by atoms with Gasteiger partial charge in [0.05, 0.1) is 10.5 Å². The van der Waals surface area contributed by atoms with E-state index in [2.05, 4.69) is 18.6 Å². The number of sulfonamides is 1. The number of nitrogens with one attached hydrogen (secondary N) is 1. The molecule has 0 bridgehead atoms. The van der Waals surface area contributed by atoms with E-state index < -0.39 is 16.0 Å². The predicted molar refractivity (Wildman–Crippen MR) is 134 cm³/mol. The zero-order chi connectivity index (χ0) is 25.0. The molecule has 0 unspecified atom stereocenters. The van der Waals surface area contributed by atoms with Gasteiger partial charge in [0.1, 0.15) is 0 Å². The van der Waals surface area contributed by atoms with E-state index >= 15 is 0 Å². The Balaban J connectivity index is 1.31. The van der Waals surface area contributed by atoms with Crippen LogP contribution < -0.4 is 4.72 Å². The monoisotopic (exact) mass is 494 g/mol. The van der Waals surface area contributed by atoms with Crippen LogP contribution in [0, 0.1) is 11.8 Å². The van der Waals surface area contributed by atoms with Crippen molar-refractivity contribution in [3.8, 4) is 0 Å². The van der Waals surface area contributed by atoms with Crippen LogP contribution in [0.1, 0.15) is 36.2 Å². The number of ether oxygens (including phenoxy) is 1. The van der Waals surface area contributed by atoms with Crippen molar-refractivity contribution in [3.05, 3.63) is 77.9 Å². The van der Waals surface area contributed by atoms with Gasteiger partial charge in [0, 0.05) is 19.6 Å². The second-order valence-corrected chi connectivity index (χ2v) is 11.1. The van der Waals surface area contributed by atoms with Crippen molar-refractivity contribution in [3.63, 3.8) is 0 Å². The molecule has 0 saturated carbocycles. The van der Waals surface area contributed by atoms with E-state index in [4.69, 9.17) is 4.74 Å². The van der Waals surface area contributed by atoms with Crippen LogP contribution in [0.25, 0.3) is 10.8 Å². The van der Waals surface area contributed by atoms with Gasteiger partial charge >= 0.3 is 5.97 Å². The highest BCUT2D eigenvalue weighted by Crippen LogP contribution is 2.21. The van der Waals surface area contributed by atoms with Gasteiger partial charge in [-0.15, -0.1) is 0 Å². The first-order chi connectivity index (χ1) is 16.7. The molecule has 1 heterocycles. The summed E-state index contributed by atoms with van der Waals surface area (Å²) in [6.07, 6.45) is 1.09. The maximum Gasteiger partial charge on any atom is 0.338 e. The Morgan fingerprint density at radius 3 is 2.29 bits per heavy atom. The van der Waals surface area contributed by atoms with E-state index in [0.29, 0.717) is 36.1 Å². The molecule has 0 radical (unpaired) electrons. The fraction of sp³-hybridized carbons (Fsp3) is 0.333. The highest BCUT2D eigenvalue weighted by atomic mass is 32.2. The lowest BCUT2D eigenvalue weighted by atomic mass is 9.92. The van der Waals surface area contributed by atoms with Crippen LogP contribution in [0.5, 0.6) is 0 Å². The molecule has 8 heteroatoms. The van der Waals surface area contributed by atoms with Crippen molar-refractivity contribution in [2.24, 2.45) is 11.8 Å². The molecule has 0 aromatic heterocycles. The number of amides is 1. The van der Waals surface area contributed by atoms with Gasteiger partial charge in [0.2, 0.25) is 10.0 Å². The molecule has 35 heavy (non-hydrogen) atoms. The third kappa shape index (κ3) is 6.26. The Bertz CT molecular complexity index is 1310. The molecule has 1 amide bonds. The lowest BCUT2D eigenvalue weighted by molar-refractivity contribution is -0.137. The minimum absolute atomic E-state index is 0.0777. The van der Waals surface area contributed by atoms with Crippen LogP contribution in [0.15, 0.2) is 71.6 Å². The molecule has 0 aliphatic carbocycles. The summed E-state index contributed by atoms with van der Waals surface area (Å²) in [5, 5.41) is 1.82. The summed E-state index contributed by atoms with van der Waals surface area (Å²) in [5.74, 6) is 0.102. The largest absolute Gasteiger partial charge is 0.452 e. The van der Waals surface area contributed by atoms with Crippen LogP contribution in [0.4, 0.5) is 0 Å². The summed E-state index contributed by atoms with van der Waals surface area (Å²) < 4.78 is 33.3. The van der Waals surface area contributed by atoms with Gasteiger partial charge in [0.15, 0.2) is 6.61 Å². The van der Waals surface area contributed by atoms with Gasteiger partial charge in [-0.25, -0.2) is 17.9 Å². The first kappa shape index (κ1) is 24.9. The number of carbonyl (C=O) groups excluding carboxylic acids is 2. The molecular weight excluding hydrogens is 464 g/mol. The van der Waals surface area contributed by atoms with Crippen LogP contribution in [0.2, 0.25) is 0 Å². The highest BCUT2D eigenvalue weighted by molar-refractivity contribution is 7.89. The van der Waals surface area contributed by atoms with Gasteiger partial charge < -0.3 is 9.64 Å². The smallest absolute Gasteiger partial charge is 0.338 e. The van der Waals surface area contributed by atoms with Gasteiger partial charge in [-0.2, -0.15) is 0 Å². The number of rotatable bonds is 7. The third-order valence-corrected chi connectivity index (χ3v) is 7.63. The zero-order valence-electron chi connectivity index (χ0n) is 19.9. The lowest BCUT2D eigenvalue weighted by Crippen LogP contribution is -2.44. The molecule has 1 aliphatic rings. The fourth-order valence-electron chi connectivity index (χ4n) is 4.52. The number of carbonyl (C=O) groups is 2. The molecule has 2 atom stereocenters. The Kier molecular flexibility index (Phi) is 7.52. The quantitative estimate of drug-likeness (QED) is 0.502. The van der Waals surface area contributed by atoms with Crippen molar-refractivity contribution >= 4 is 32.7 Å². The molecule has 1 fully saturated rings. The van der Waals surface area contributed by atoms with Gasteiger partial charge in [-0.1, -0.05) is 56.3 Å². The summed E-state index contributed by atoms with van der Waals surface area (Å²) in [6, 6.07) is 19.0. The van der Waals surface area contributed by atoms with E-state index in [-0.39, 0.29) is 24.0 Å². The minimum Gasteiger partial charge on any atom is -0.452 e. The summed E-state index contributed by atoms with van der Waals surface area (Å²) >= 11 is 0. The second kappa shape index (κ2) is 10.6. The molecule has 0 spiro atoms. The molecular formula is C27H30N2O5S. The van der Waals surface area contributed by atoms with Crippen molar-refractivity contribution in [1.82, 2.24) is 9.62 Å². The molecule has 7 nitrogen and oxygen atoms in total. The maximum atomic E-state index is 12.7. The van der Waals surface area contributed by atoms with E-state index in [9.17, 15) is 18.0 Å². The number of hydrogen-bond donors (Lipinski definition) is 1. The molecule has 1 aliphatic heterocycles. The number of fused-ring (bicyclic) bond motifs is 1.